The molecule has 2 aliphatic rings. The highest BCUT2D eigenvalue weighted by molar-refractivity contribution is 6.07. The molecule has 0 bridgehead atoms. The van der Waals surface area contributed by atoms with E-state index >= 15 is 0 Å². The molecule has 186 valence electrons. The first-order valence-electron chi connectivity index (χ1n) is 12.3. The average Bonchev–Trinajstić information content (AvgIpc) is 2.90. The molecule has 35 heavy (non-hydrogen) atoms. The second-order valence-electron chi connectivity index (χ2n) is 8.58. The smallest absolute Gasteiger partial charge is 0.224 e. The SMILES string of the molecule is CCCCCC(=O)Nc1ccc(C2=NC(Nc3ccc(N4CCOCC4)cc3)N=CN2)cc1NC. The summed E-state index contributed by atoms with van der Waals surface area (Å²) in [4.78, 5) is 23.7. The van der Waals surface area contributed by atoms with Crippen LogP contribution in [0.3, 0.4) is 0 Å². The number of carbonyl (C=O) groups excluding carboxylic acids is 1. The Morgan fingerprint density at radius 1 is 1.11 bits per heavy atom. The zero-order valence-corrected chi connectivity index (χ0v) is 20.5. The normalized spacial score (nSPS) is 17.4. The fraction of sp³-hybridized carbons (Fsp3) is 0.423. The van der Waals surface area contributed by atoms with Crippen molar-refractivity contribution >= 4 is 40.8 Å². The number of hydrogen-bond donors (Lipinski definition) is 4. The summed E-state index contributed by atoms with van der Waals surface area (Å²) >= 11 is 0. The number of rotatable bonds is 10. The van der Waals surface area contributed by atoms with Crippen molar-refractivity contribution in [3.8, 4) is 0 Å². The van der Waals surface area contributed by atoms with Crippen molar-refractivity contribution in [3.63, 3.8) is 0 Å². The molecule has 1 amide bonds. The van der Waals surface area contributed by atoms with Crippen molar-refractivity contribution in [2.75, 3.05) is 54.2 Å². The minimum absolute atomic E-state index is 0.0341. The van der Waals surface area contributed by atoms with Gasteiger partial charge in [0, 0.05) is 43.5 Å². The van der Waals surface area contributed by atoms with E-state index in [1.54, 1.807) is 6.34 Å². The lowest BCUT2D eigenvalue weighted by molar-refractivity contribution is -0.116. The Labute approximate surface area is 207 Å². The van der Waals surface area contributed by atoms with Crippen LogP contribution in [0.25, 0.3) is 0 Å². The predicted molar refractivity (Wildman–Crippen MR) is 144 cm³/mol. The van der Waals surface area contributed by atoms with Gasteiger partial charge in [0.2, 0.25) is 12.2 Å². The molecule has 0 aromatic heterocycles. The lowest BCUT2D eigenvalue weighted by Gasteiger charge is -2.29. The standard InChI is InChI=1S/C26H35N7O2/c1-3-4-5-6-24(34)31-22-12-7-19(17-23(22)27-2)25-28-18-29-26(32-25)30-20-8-10-21(11-9-20)33-13-15-35-16-14-33/h7-12,17-18,26-27,30H,3-6,13-16H2,1-2H3,(H,31,34)(H,28,29,32). The zero-order chi connectivity index (χ0) is 24.5. The minimum atomic E-state index is -0.434. The monoisotopic (exact) mass is 477 g/mol. The van der Waals surface area contributed by atoms with Crippen molar-refractivity contribution in [1.29, 1.82) is 0 Å². The molecule has 0 saturated carbocycles. The first-order chi connectivity index (χ1) is 17.2. The molecule has 1 saturated heterocycles. The number of amidine groups is 1. The predicted octanol–water partition coefficient (Wildman–Crippen LogP) is 3.86. The van der Waals surface area contributed by atoms with E-state index in [2.05, 4.69) is 62.3 Å². The molecule has 2 aromatic carbocycles. The maximum Gasteiger partial charge on any atom is 0.224 e. The third-order valence-corrected chi connectivity index (χ3v) is 6.05. The van der Waals surface area contributed by atoms with Gasteiger partial charge in [-0.05, 0) is 48.9 Å². The number of nitrogens with zero attached hydrogens (tertiary/aromatic N) is 3. The number of ether oxygens (including phenoxy) is 1. The van der Waals surface area contributed by atoms with Gasteiger partial charge in [-0.2, -0.15) is 0 Å². The average molecular weight is 478 g/mol. The van der Waals surface area contributed by atoms with E-state index in [4.69, 9.17) is 9.73 Å². The molecule has 9 nitrogen and oxygen atoms in total. The molecule has 2 heterocycles. The highest BCUT2D eigenvalue weighted by Crippen LogP contribution is 2.24. The van der Waals surface area contributed by atoms with E-state index in [0.717, 1.165) is 68.2 Å². The van der Waals surface area contributed by atoms with Gasteiger partial charge in [0.25, 0.3) is 0 Å². The van der Waals surface area contributed by atoms with Gasteiger partial charge < -0.3 is 30.9 Å². The van der Waals surface area contributed by atoms with E-state index < -0.39 is 6.29 Å². The summed E-state index contributed by atoms with van der Waals surface area (Å²) in [5.41, 5.74) is 4.64. The lowest BCUT2D eigenvalue weighted by Crippen LogP contribution is -2.36. The van der Waals surface area contributed by atoms with Crippen LogP contribution in [0.15, 0.2) is 52.4 Å². The molecule has 1 unspecified atom stereocenters. The van der Waals surface area contributed by atoms with E-state index in [9.17, 15) is 4.79 Å². The van der Waals surface area contributed by atoms with Gasteiger partial charge in [-0.25, -0.2) is 9.98 Å². The number of unbranched alkanes of at least 4 members (excludes halogenated alkanes) is 2. The quantitative estimate of drug-likeness (QED) is 0.388. The Hall–Kier alpha value is -3.59. The zero-order valence-electron chi connectivity index (χ0n) is 20.5. The molecule has 0 radical (unpaired) electrons. The summed E-state index contributed by atoms with van der Waals surface area (Å²) in [7, 11) is 1.84. The van der Waals surface area contributed by atoms with Gasteiger partial charge >= 0.3 is 0 Å². The fourth-order valence-electron chi connectivity index (χ4n) is 4.08. The summed E-state index contributed by atoms with van der Waals surface area (Å²) in [6.45, 7) is 5.49. The van der Waals surface area contributed by atoms with Crippen molar-refractivity contribution in [1.82, 2.24) is 5.32 Å². The number of anilines is 4. The summed E-state index contributed by atoms with van der Waals surface area (Å²) in [5, 5.41) is 12.7. The summed E-state index contributed by atoms with van der Waals surface area (Å²) in [6, 6.07) is 14.1. The minimum Gasteiger partial charge on any atom is -0.386 e. The maximum absolute atomic E-state index is 12.3. The number of amides is 1. The second kappa shape index (κ2) is 12.2. The lowest BCUT2D eigenvalue weighted by atomic mass is 10.1. The topological polar surface area (TPSA) is 102 Å². The van der Waals surface area contributed by atoms with E-state index in [-0.39, 0.29) is 5.91 Å². The van der Waals surface area contributed by atoms with Crippen LogP contribution in [0.2, 0.25) is 0 Å². The number of nitrogens with one attached hydrogen (secondary N) is 4. The summed E-state index contributed by atoms with van der Waals surface area (Å²) < 4.78 is 5.43. The van der Waals surface area contributed by atoms with Crippen LogP contribution < -0.4 is 26.2 Å². The summed E-state index contributed by atoms with van der Waals surface area (Å²) in [5.74, 6) is 0.742. The van der Waals surface area contributed by atoms with Crippen LogP contribution in [0.5, 0.6) is 0 Å². The Morgan fingerprint density at radius 3 is 2.66 bits per heavy atom. The Balaban J connectivity index is 1.40. The molecule has 2 aliphatic heterocycles. The van der Waals surface area contributed by atoms with Crippen LogP contribution in [0.1, 0.15) is 38.2 Å². The first kappa shape index (κ1) is 24.5. The van der Waals surface area contributed by atoms with Crippen LogP contribution in [0.4, 0.5) is 22.7 Å². The third-order valence-electron chi connectivity index (χ3n) is 6.05. The second-order valence-corrected chi connectivity index (χ2v) is 8.58. The Kier molecular flexibility index (Phi) is 8.56. The number of hydrogen-bond acceptors (Lipinski definition) is 8. The molecule has 0 spiro atoms. The van der Waals surface area contributed by atoms with Gasteiger partial charge in [0.15, 0.2) is 0 Å². The van der Waals surface area contributed by atoms with Gasteiger partial charge in [0.1, 0.15) is 5.84 Å². The molecule has 4 rings (SSSR count). The summed E-state index contributed by atoms with van der Waals surface area (Å²) in [6.07, 6.45) is 4.81. The first-order valence-corrected chi connectivity index (χ1v) is 12.3. The molecule has 0 aliphatic carbocycles. The molecular weight excluding hydrogens is 442 g/mol. The van der Waals surface area contributed by atoms with Crippen molar-refractivity contribution < 1.29 is 9.53 Å². The molecule has 9 heteroatoms. The Bertz CT molecular complexity index is 1050. The van der Waals surface area contributed by atoms with Crippen molar-refractivity contribution in [2.45, 2.75) is 38.9 Å². The number of aliphatic imine (C=N–C) groups is 2. The molecule has 1 fully saturated rings. The van der Waals surface area contributed by atoms with E-state index in [0.29, 0.717) is 12.3 Å². The van der Waals surface area contributed by atoms with Crippen LogP contribution in [-0.4, -0.2) is 57.7 Å². The molecule has 2 aromatic rings. The number of morpholine rings is 1. The van der Waals surface area contributed by atoms with Crippen LogP contribution in [0, 0.1) is 0 Å². The Morgan fingerprint density at radius 2 is 1.91 bits per heavy atom. The maximum atomic E-state index is 12.3. The highest BCUT2D eigenvalue weighted by Gasteiger charge is 2.15. The molecule has 1 atom stereocenters. The van der Waals surface area contributed by atoms with E-state index in [1.807, 2.05) is 25.2 Å². The van der Waals surface area contributed by atoms with Gasteiger partial charge in [0.05, 0.1) is 30.9 Å². The number of carbonyl (C=O) groups is 1. The van der Waals surface area contributed by atoms with Gasteiger partial charge in [-0.3, -0.25) is 4.79 Å². The van der Waals surface area contributed by atoms with Crippen molar-refractivity contribution in [2.24, 2.45) is 9.98 Å². The highest BCUT2D eigenvalue weighted by atomic mass is 16.5. The fourth-order valence-corrected chi connectivity index (χ4v) is 4.08. The van der Waals surface area contributed by atoms with E-state index in [1.165, 1.54) is 5.69 Å². The van der Waals surface area contributed by atoms with Gasteiger partial charge in [-0.1, -0.05) is 19.8 Å². The van der Waals surface area contributed by atoms with Gasteiger partial charge in [-0.15, -0.1) is 0 Å². The van der Waals surface area contributed by atoms with Crippen LogP contribution >= 0.6 is 0 Å². The van der Waals surface area contributed by atoms with Crippen molar-refractivity contribution in [3.05, 3.63) is 48.0 Å². The molecular formula is C26H35N7O2. The molecule has 4 N–H and O–H groups in total. The largest absolute Gasteiger partial charge is 0.386 e. The number of benzene rings is 2. The van der Waals surface area contributed by atoms with Crippen LogP contribution in [-0.2, 0) is 9.53 Å². The third kappa shape index (κ3) is 6.73.